The fraction of sp³-hybridized carbons (Fsp3) is 0.389. The van der Waals surface area contributed by atoms with Gasteiger partial charge in [-0.1, -0.05) is 0 Å². The molecule has 1 aromatic carbocycles. The molecule has 0 saturated carbocycles. The molecular formula is C18H19FN2O5S. The summed E-state index contributed by atoms with van der Waals surface area (Å²) >= 11 is 1.16. The molecule has 144 valence electrons. The van der Waals surface area contributed by atoms with Crippen LogP contribution in [0.3, 0.4) is 0 Å². The number of morpholine rings is 1. The molecule has 1 saturated heterocycles. The van der Waals surface area contributed by atoms with Gasteiger partial charge in [-0.2, -0.15) is 0 Å². The molecule has 0 bridgehead atoms. The number of ether oxygens (including phenoxy) is 2. The summed E-state index contributed by atoms with van der Waals surface area (Å²) in [6, 6.07) is 5.76. The van der Waals surface area contributed by atoms with Gasteiger partial charge in [0.25, 0.3) is 5.91 Å². The van der Waals surface area contributed by atoms with E-state index in [1.54, 1.807) is 11.0 Å². The number of amides is 2. The van der Waals surface area contributed by atoms with Crippen LogP contribution in [0.4, 0.5) is 4.39 Å². The molecule has 0 radical (unpaired) electrons. The highest BCUT2D eigenvalue weighted by molar-refractivity contribution is 7.20. The van der Waals surface area contributed by atoms with Crippen molar-refractivity contribution < 1.29 is 28.2 Å². The van der Waals surface area contributed by atoms with E-state index in [4.69, 9.17) is 9.47 Å². The highest BCUT2D eigenvalue weighted by Gasteiger charge is 2.21. The van der Waals surface area contributed by atoms with E-state index in [2.05, 4.69) is 0 Å². The fourth-order valence-corrected chi connectivity index (χ4v) is 3.56. The van der Waals surface area contributed by atoms with Crippen LogP contribution >= 0.6 is 11.3 Å². The van der Waals surface area contributed by atoms with Crippen LogP contribution in [-0.4, -0.2) is 74.1 Å². The van der Waals surface area contributed by atoms with E-state index in [9.17, 15) is 18.8 Å². The van der Waals surface area contributed by atoms with E-state index in [0.29, 0.717) is 31.7 Å². The van der Waals surface area contributed by atoms with Gasteiger partial charge in [0.05, 0.1) is 19.8 Å². The third-order valence-electron chi connectivity index (χ3n) is 4.17. The predicted molar refractivity (Wildman–Crippen MR) is 97.1 cm³/mol. The predicted octanol–water partition coefficient (Wildman–Crippen LogP) is 1.51. The van der Waals surface area contributed by atoms with Crippen LogP contribution in [0.25, 0.3) is 10.1 Å². The second-order valence-electron chi connectivity index (χ2n) is 6.11. The lowest BCUT2D eigenvalue weighted by Crippen LogP contribution is -2.46. The molecule has 7 nitrogen and oxygen atoms in total. The van der Waals surface area contributed by atoms with E-state index in [1.165, 1.54) is 30.1 Å². The number of thiophene rings is 1. The minimum Gasteiger partial charge on any atom is -0.451 e. The lowest BCUT2D eigenvalue weighted by atomic mass is 10.2. The van der Waals surface area contributed by atoms with E-state index in [1.807, 2.05) is 0 Å². The topological polar surface area (TPSA) is 76.2 Å². The highest BCUT2D eigenvalue weighted by atomic mass is 32.1. The Balaban J connectivity index is 1.51. The first-order valence-electron chi connectivity index (χ1n) is 8.40. The number of esters is 1. The van der Waals surface area contributed by atoms with Crippen LogP contribution in [0.1, 0.15) is 9.67 Å². The maximum atomic E-state index is 13.2. The Bertz CT molecular complexity index is 863. The number of benzene rings is 1. The molecule has 1 aliphatic rings. The maximum Gasteiger partial charge on any atom is 0.348 e. The minimum atomic E-state index is -0.655. The van der Waals surface area contributed by atoms with Crippen molar-refractivity contribution in [3.8, 4) is 0 Å². The summed E-state index contributed by atoms with van der Waals surface area (Å²) in [7, 11) is 1.48. The summed E-state index contributed by atoms with van der Waals surface area (Å²) in [5, 5.41) is 0.603. The van der Waals surface area contributed by atoms with Crippen LogP contribution in [0.15, 0.2) is 24.3 Å². The summed E-state index contributed by atoms with van der Waals surface area (Å²) in [5.74, 6) is -1.69. The number of carbonyl (C=O) groups is 3. The molecule has 0 unspecified atom stereocenters. The van der Waals surface area contributed by atoms with Crippen LogP contribution in [0.5, 0.6) is 0 Å². The Morgan fingerprint density at radius 2 is 2.00 bits per heavy atom. The number of hydrogen-bond acceptors (Lipinski definition) is 6. The van der Waals surface area contributed by atoms with Gasteiger partial charge in [-0.05, 0) is 29.7 Å². The molecule has 0 atom stereocenters. The van der Waals surface area contributed by atoms with Gasteiger partial charge in [0.2, 0.25) is 5.91 Å². The van der Waals surface area contributed by atoms with Gasteiger partial charge < -0.3 is 19.3 Å². The number of carbonyl (C=O) groups excluding carboxylic acids is 3. The zero-order chi connectivity index (χ0) is 19.4. The lowest BCUT2D eigenvalue weighted by Gasteiger charge is -2.28. The van der Waals surface area contributed by atoms with E-state index >= 15 is 0 Å². The molecule has 1 aliphatic heterocycles. The second-order valence-corrected chi connectivity index (χ2v) is 7.20. The number of rotatable bonds is 5. The highest BCUT2D eigenvalue weighted by Crippen LogP contribution is 2.26. The summed E-state index contributed by atoms with van der Waals surface area (Å²) in [6.07, 6.45) is 0. The zero-order valence-electron chi connectivity index (χ0n) is 14.8. The van der Waals surface area contributed by atoms with Crippen LogP contribution < -0.4 is 0 Å². The molecule has 2 amide bonds. The molecule has 3 rings (SSSR count). The van der Waals surface area contributed by atoms with Gasteiger partial charge in [0.1, 0.15) is 10.7 Å². The minimum absolute atomic E-state index is 0.0848. The summed E-state index contributed by atoms with van der Waals surface area (Å²) in [6.45, 7) is 1.43. The zero-order valence-corrected chi connectivity index (χ0v) is 15.6. The van der Waals surface area contributed by atoms with E-state index < -0.39 is 18.5 Å². The Kier molecular flexibility index (Phi) is 6.02. The molecule has 0 spiro atoms. The normalized spacial score (nSPS) is 14.2. The molecule has 2 aromatic rings. The average molecular weight is 394 g/mol. The third kappa shape index (κ3) is 4.81. The lowest BCUT2D eigenvalue weighted by molar-refractivity contribution is -0.143. The van der Waals surface area contributed by atoms with Crippen LogP contribution in [0.2, 0.25) is 0 Å². The molecule has 2 heterocycles. The van der Waals surface area contributed by atoms with Crippen molar-refractivity contribution in [2.24, 2.45) is 0 Å². The summed E-state index contributed by atoms with van der Waals surface area (Å²) in [4.78, 5) is 39.5. The number of hydrogen-bond donors (Lipinski definition) is 0. The van der Waals surface area contributed by atoms with Crippen molar-refractivity contribution in [1.29, 1.82) is 0 Å². The molecule has 1 aromatic heterocycles. The SMILES string of the molecule is CN(CC(=O)N1CCOCC1)C(=O)COC(=O)c1cc2cc(F)ccc2s1. The summed E-state index contributed by atoms with van der Waals surface area (Å²) in [5.41, 5.74) is 0. The average Bonchev–Trinajstić information content (AvgIpc) is 3.09. The van der Waals surface area contributed by atoms with E-state index in [-0.39, 0.29) is 23.1 Å². The number of likely N-dealkylation sites (N-methyl/N-ethyl adjacent to an activating group) is 1. The molecule has 0 N–H and O–H groups in total. The summed E-state index contributed by atoms with van der Waals surface area (Å²) < 4.78 is 24.2. The first-order chi connectivity index (χ1) is 12.9. The van der Waals surface area contributed by atoms with Gasteiger partial charge in [0, 0.05) is 24.8 Å². The second kappa shape index (κ2) is 8.45. The smallest absolute Gasteiger partial charge is 0.348 e. The standard InChI is InChI=1S/C18H19FN2O5S/c1-20(10-16(22)21-4-6-25-7-5-21)17(23)11-26-18(24)15-9-12-8-13(19)2-3-14(12)27-15/h2-3,8-9H,4-7,10-11H2,1H3. The van der Waals surface area contributed by atoms with Crippen molar-refractivity contribution in [1.82, 2.24) is 9.80 Å². The van der Waals surface area contributed by atoms with Gasteiger partial charge >= 0.3 is 5.97 Å². The number of fused-ring (bicyclic) bond motifs is 1. The van der Waals surface area contributed by atoms with Gasteiger partial charge in [-0.3, -0.25) is 9.59 Å². The number of halogens is 1. The van der Waals surface area contributed by atoms with Crippen molar-refractivity contribution in [2.75, 3.05) is 46.5 Å². The monoisotopic (exact) mass is 394 g/mol. The van der Waals surface area contributed by atoms with Crippen LogP contribution in [-0.2, 0) is 19.1 Å². The molecule has 27 heavy (non-hydrogen) atoms. The molecule has 9 heteroatoms. The quantitative estimate of drug-likeness (QED) is 0.719. The van der Waals surface area contributed by atoms with Gasteiger partial charge in [-0.25, -0.2) is 9.18 Å². The first-order valence-corrected chi connectivity index (χ1v) is 9.21. The molecule has 1 fully saturated rings. The Morgan fingerprint density at radius 1 is 1.26 bits per heavy atom. The van der Waals surface area contributed by atoms with Crippen molar-refractivity contribution >= 4 is 39.2 Å². The van der Waals surface area contributed by atoms with Crippen LogP contribution in [0, 0.1) is 5.82 Å². The van der Waals surface area contributed by atoms with Crippen molar-refractivity contribution in [2.45, 2.75) is 0 Å². The van der Waals surface area contributed by atoms with E-state index in [0.717, 1.165) is 16.0 Å². The number of nitrogens with zero attached hydrogens (tertiary/aromatic N) is 2. The maximum absolute atomic E-state index is 13.2. The Labute approximate surface area is 159 Å². The molecule has 0 aliphatic carbocycles. The van der Waals surface area contributed by atoms with Gasteiger partial charge in [0.15, 0.2) is 6.61 Å². The van der Waals surface area contributed by atoms with Gasteiger partial charge in [-0.15, -0.1) is 11.3 Å². The third-order valence-corrected chi connectivity index (χ3v) is 5.26. The Morgan fingerprint density at radius 3 is 2.74 bits per heavy atom. The molecular weight excluding hydrogens is 375 g/mol. The van der Waals surface area contributed by atoms with Crippen molar-refractivity contribution in [3.63, 3.8) is 0 Å². The van der Waals surface area contributed by atoms with Crippen molar-refractivity contribution in [3.05, 3.63) is 35.0 Å². The largest absolute Gasteiger partial charge is 0.451 e. The Hall–Kier alpha value is -2.52. The fourth-order valence-electron chi connectivity index (χ4n) is 2.63. The first kappa shape index (κ1) is 19.2.